The first-order chi connectivity index (χ1) is 9.81. The fraction of sp³-hybridized carbons (Fsp3) is 0.133. The van der Waals surface area contributed by atoms with E-state index in [1.54, 1.807) is 12.1 Å². The molecule has 0 saturated heterocycles. The van der Waals surface area contributed by atoms with E-state index in [0.29, 0.717) is 23.3 Å². The van der Waals surface area contributed by atoms with Crippen molar-refractivity contribution in [2.75, 3.05) is 12.4 Å². The molecule has 0 fully saturated rings. The average Bonchev–Trinajstić information content (AvgIpc) is 2.86. The van der Waals surface area contributed by atoms with Gasteiger partial charge in [0.15, 0.2) is 5.58 Å². The SMILES string of the molecule is Fc1cccc(OCCSc2nc3ccccc3o2)c1. The smallest absolute Gasteiger partial charge is 0.256 e. The summed E-state index contributed by atoms with van der Waals surface area (Å²) in [7, 11) is 0. The largest absolute Gasteiger partial charge is 0.493 e. The van der Waals surface area contributed by atoms with E-state index in [2.05, 4.69) is 4.98 Å². The lowest BCUT2D eigenvalue weighted by Gasteiger charge is -2.04. The lowest BCUT2D eigenvalue weighted by molar-refractivity contribution is 0.341. The van der Waals surface area contributed by atoms with Gasteiger partial charge < -0.3 is 9.15 Å². The third-order valence-corrected chi connectivity index (χ3v) is 3.44. The lowest BCUT2D eigenvalue weighted by atomic mass is 10.3. The van der Waals surface area contributed by atoms with Crippen LogP contribution >= 0.6 is 11.8 Å². The third-order valence-electron chi connectivity index (χ3n) is 2.65. The minimum atomic E-state index is -0.297. The molecule has 1 heterocycles. The predicted molar refractivity (Wildman–Crippen MR) is 76.6 cm³/mol. The molecule has 1 aromatic heterocycles. The van der Waals surface area contributed by atoms with Crippen LogP contribution in [0.15, 0.2) is 58.2 Å². The van der Waals surface area contributed by atoms with Gasteiger partial charge in [0.25, 0.3) is 5.22 Å². The van der Waals surface area contributed by atoms with Crippen LogP contribution in [0.5, 0.6) is 5.75 Å². The van der Waals surface area contributed by atoms with E-state index in [9.17, 15) is 4.39 Å². The van der Waals surface area contributed by atoms with Gasteiger partial charge in [0.05, 0.1) is 6.61 Å². The minimum Gasteiger partial charge on any atom is -0.493 e. The fourth-order valence-corrected chi connectivity index (χ4v) is 2.41. The Labute approximate surface area is 119 Å². The van der Waals surface area contributed by atoms with Crippen LogP contribution in [0, 0.1) is 5.82 Å². The van der Waals surface area contributed by atoms with Gasteiger partial charge in [0.2, 0.25) is 0 Å². The summed E-state index contributed by atoms with van der Waals surface area (Å²) in [5, 5.41) is 0.619. The summed E-state index contributed by atoms with van der Waals surface area (Å²) in [6.07, 6.45) is 0. The summed E-state index contributed by atoms with van der Waals surface area (Å²) < 4.78 is 24.0. The van der Waals surface area contributed by atoms with E-state index in [1.807, 2.05) is 24.3 Å². The number of aromatic nitrogens is 1. The van der Waals surface area contributed by atoms with Crippen LogP contribution in [0.2, 0.25) is 0 Å². The molecule has 0 aliphatic heterocycles. The number of para-hydroxylation sites is 2. The maximum Gasteiger partial charge on any atom is 0.256 e. The summed E-state index contributed by atoms with van der Waals surface area (Å²) in [4.78, 5) is 4.35. The molecule has 3 rings (SSSR count). The molecule has 0 aliphatic carbocycles. The zero-order valence-corrected chi connectivity index (χ0v) is 11.4. The van der Waals surface area contributed by atoms with Gasteiger partial charge in [-0.1, -0.05) is 30.0 Å². The second-order valence-electron chi connectivity index (χ2n) is 4.10. The van der Waals surface area contributed by atoms with Crippen LogP contribution in [0.3, 0.4) is 0 Å². The second-order valence-corrected chi connectivity index (χ2v) is 5.15. The number of rotatable bonds is 5. The average molecular weight is 289 g/mol. The minimum absolute atomic E-state index is 0.297. The molecule has 0 amide bonds. The molecule has 0 unspecified atom stereocenters. The highest BCUT2D eigenvalue weighted by Crippen LogP contribution is 2.23. The Balaban J connectivity index is 1.52. The monoisotopic (exact) mass is 289 g/mol. The van der Waals surface area contributed by atoms with Gasteiger partial charge in [0.1, 0.15) is 17.1 Å². The number of thioether (sulfide) groups is 1. The maximum absolute atomic E-state index is 12.9. The number of halogens is 1. The third kappa shape index (κ3) is 3.11. The van der Waals surface area contributed by atoms with Gasteiger partial charge in [-0.3, -0.25) is 0 Å². The number of hydrogen-bond donors (Lipinski definition) is 0. The predicted octanol–water partition coefficient (Wildman–Crippen LogP) is 4.14. The molecule has 3 nitrogen and oxygen atoms in total. The van der Waals surface area contributed by atoms with Crippen LogP contribution in [0.25, 0.3) is 11.1 Å². The molecular formula is C15H12FNO2S. The van der Waals surface area contributed by atoms with E-state index in [1.165, 1.54) is 23.9 Å². The molecule has 102 valence electrons. The Morgan fingerprint density at radius 3 is 2.90 bits per heavy atom. The molecule has 5 heteroatoms. The molecule has 0 aliphatic rings. The first-order valence-corrected chi connectivity index (χ1v) is 7.16. The van der Waals surface area contributed by atoms with Crippen LogP contribution in [-0.4, -0.2) is 17.3 Å². The van der Waals surface area contributed by atoms with Crippen molar-refractivity contribution < 1.29 is 13.5 Å². The molecule has 3 aromatic rings. The maximum atomic E-state index is 12.9. The van der Waals surface area contributed by atoms with Crippen molar-refractivity contribution in [3.8, 4) is 5.75 Å². The number of oxazole rings is 1. The standard InChI is InChI=1S/C15H12FNO2S/c16-11-4-3-5-12(10-11)18-8-9-20-15-17-13-6-1-2-7-14(13)19-15/h1-7,10H,8-9H2. The van der Waals surface area contributed by atoms with E-state index in [4.69, 9.17) is 9.15 Å². The van der Waals surface area contributed by atoms with Crippen LogP contribution in [-0.2, 0) is 0 Å². The zero-order valence-electron chi connectivity index (χ0n) is 10.6. The van der Waals surface area contributed by atoms with Crippen LogP contribution < -0.4 is 4.74 Å². The summed E-state index contributed by atoms with van der Waals surface area (Å²) in [5.41, 5.74) is 1.63. The van der Waals surface area contributed by atoms with Crippen molar-refractivity contribution >= 4 is 22.9 Å². The van der Waals surface area contributed by atoms with Crippen molar-refractivity contribution in [1.82, 2.24) is 4.98 Å². The molecule has 0 N–H and O–H groups in total. The number of nitrogens with zero attached hydrogens (tertiary/aromatic N) is 1. The molecule has 0 atom stereocenters. The molecule has 0 saturated carbocycles. The highest BCUT2D eigenvalue weighted by Gasteiger charge is 2.05. The van der Waals surface area contributed by atoms with Gasteiger partial charge in [0, 0.05) is 11.8 Å². The van der Waals surface area contributed by atoms with Crippen molar-refractivity contribution in [2.45, 2.75) is 5.22 Å². The Hall–Kier alpha value is -2.01. The van der Waals surface area contributed by atoms with Crippen molar-refractivity contribution in [3.05, 3.63) is 54.3 Å². The van der Waals surface area contributed by atoms with Gasteiger partial charge in [-0.05, 0) is 24.3 Å². The second kappa shape index (κ2) is 5.96. The topological polar surface area (TPSA) is 35.3 Å². The van der Waals surface area contributed by atoms with Crippen molar-refractivity contribution in [1.29, 1.82) is 0 Å². The quantitative estimate of drug-likeness (QED) is 0.522. The number of ether oxygens (including phenoxy) is 1. The zero-order chi connectivity index (χ0) is 13.8. The van der Waals surface area contributed by atoms with Gasteiger partial charge in [-0.2, -0.15) is 0 Å². The molecule has 0 radical (unpaired) electrons. The fourth-order valence-electron chi connectivity index (χ4n) is 1.76. The van der Waals surface area contributed by atoms with Crippen molar-refractivity contribution in [2.24, 2.45) is 0 Å². The number of hydrogen-bond acceptors (Lipinski definition) is 4. The summed E-state index contributed by atoms with van der Waals surface area (Å²) in [5.74, 6) is 0.917. The molecule has 20 heavy (non-hydrogen) atoms. The van der Waals surface area contributed by atoms with Crippen LogP contribution in [0.4, 0.5) is 4.39 Å². The highest BCUT2D eigenvalue weighted by atomic mass is 32.2. The summed E-state index contributed by atoms with van der Waals surface area (Å²) in [6.45, 7) is 0.465. The molecule has 0 bridgehead atoms. The first-order valence-electron chi connectivity index (χ1n) is 6.18. The molecule has 2 aromatic carbocycles. The first kappa shape index (κ1) is 13.0. The van der Waals surface area contributed by atoms with E-state index in [-0.39, 0.29) is 5.82 Å². The van der Waals surface area contributed by atoms with Crippen LogP contribution in [0.1, 0.15) is 0 Å². The van der Waals surface area contributed by atoms with Gasteiger partial charge >= 0.3 is 0 Å². The Kier molecular flexibility index (Phi) is 3.87. The number of benzene rings is 2. The Morgan fingerprint density at radius 1 is 1.15 bits per heavy atom. The number of fused-ring (bicyclic) bond motifs is 1. The Morgan fingerprint density at radius 2 is 2.05 bits per heavy atom. The summed E-state index contributed by atoms with van der Waals surface area (Å²) in [6, 6.07) is 13.7. The molecular weight excluding hydrogens is 277 g/mol. The molecule has 0 spiro atoms. The normalized spacial score (nSPS) is 10.8. The van der Waals surface area contributed by atoms with Gasteiger partial charge in [-0.15, -0.1) is 0 Å². The summed E-state index contributed by atoms with van der Waals surface area (Å²) >= 11 is 1.47. The van der Waals surface area contributed by atoms with Gasteiger partial charge in [-0.25, -0.2) is 9.37 Å². The van der Waals surface area contributed by atoms with E-state index >= 15 is 0 Å². The Bertz CT molecular complexity index is 681. The van der Waals surface area contributed by atoms with E-state index < -0.39 is 0 Å². The van der Waals surface area contributed by atoms with Crippen molar-refractivity contribution in [3.63, 3.8) is 0 Å². The van der Waals surface area contributed by atoms with E-state index in [0.717, 1.165) is 11.1 Å². The highest BCUT2D eigenvalue weighted by molar-refractivity contribution is 7.99. The lowest BCUT2D eigenvalue weighted by Crippen LogP contribution is -2.00.